The lowest BCUT2D eigenvalue weighted by Crippen LogP contribution is -2.33. The van der Waals surface area contributed by atoms with Crippen LogP contribution in [-0.4, -0.2) is 38.9 Å². The summed E-state index contributed by atoms with van der Waals surface area (Å²) in [6, 6.07) is 16.4. The van der Waals surface area contributed by atoms with E-state index in [9.17, 15) is 4.79 Å². The van der Waals surface area contributed by atoms with Gasteiger partial charge in [-0.1, -0.05) is 36.8 Å². The van der Waals surface area contributed by atoms with E-state index in [1.165, 1.54) is 12.8 Å². The van der Waals surface area contributed by atoms with E-state index < -0.39 is 0 Å². The number of hydrogen-bond donors (Lipinski definition) is 2. The third-order valence-corrected chi connectivity index (χ3v) is 6.73. The number of rotatable bonds is 8. The number of para-hydroxylation sites is 2. The van der Waals surface area contributed by atoms with Gasteiger partial charge in [-0.25, -0.2) is 4.98 Å². The molecule has 1 aromatic heterocycles. The number of unbranched alkanes of at least 4 members (excludes halogenated alkanes) is 2. The van der Waals surface area contributed by atoms with Crippen molar-refractivity contribution < 1.29 is 0 Å². The molecule has 2 unspecified atom stereocenters. The maximum absolute atomic E-state index is 13.4. The summed E-state index contributed by atoms with van der Waals surface area (Å²) in [5.41, 5.74) is 8.92. The third-order valence-electron chi connectivity index (χ3n) is 6.73. The van der Waals surface area contributed by atoms with Crippen molar-refractivity contribution in [1.29, 1.82) is 5.41 Å². The first kappa shape index (κ1) is 22.2. The molecule has 1 saturated heterocycles. The zero-order valence-electron chi connectivity index (χ0n) is 19.1. The van der Waals surface area contributed by atoms with E-state index in [2.05, 4.69) is 23.7 Å². The number of aromatic nitrogens is 2. The number of nitrogens with two attached hydrogens (primary N) is 1. The average Bonchev–Trinajstić information content (AvgIpc) is 3.12. The van der Waals surface area contributed by atoms with Crippen molar-refractivity contribution in [2.45, 2.75) is 64.6 Å². The predicted molar refractivity (Wildman–Crippen MR) is 131 cm³/mol. The van der Waals surface area contributed by atoms with Crippen LogP contribution in [0.3, 0.4) is 0 Å². The zero-order valence-corrected chi connectivity index (χ0v) is 19.1. The number of likely N-dealkylation sites (tertiary alicyclic amines) is 1. The molecule has 1 aliphatic heterocycles. The molecule has 0 saturated carbocycles. The highest BCUT2D eigenvalue weighted by atomic mass is 16.1. The normalized spacial score (nSPS) is 18.9. The van der Waals surface area contributed by atoms with Crippen LogP contribution in [0.2, 0.25) is 0 Å². The first-order valence-electron chi connectivity index (χ1n) is 11.7. The molecule has 3 N–H and O–H groups in total. The first-order valence-corrected chi connectivity index (χ1v) is 11.7. The van der Waals surface area contributed by atoms with Gasteiger partial charge < -0.3 is 10.3 Å². The topological polar surface area (TPSA) is 88.0 Å². The fraction of sp³-hybridized carbons (Fsp3) is 0.423. The second-order valence-electron chi connectivity index (χ2n) is 8.97. The minimum absolute atomic E-state index is 0.0189. The van der Waals surface area contributed by atoms with E-state index in [1.54, 1.807) is 12.1 Å². The van der Waals surface area contributed by atoms with Crippen molar-refractivity contribution in [3.8, 4) is 11.3 Å². The molecular formula is C26H33N5O. The Bertz CT molecular complexity index is 1160. The van der Waals surface area contributed by atoms with Crippen molar-refractivity contribution >= 4 is 16.9 Å². The fourth-order valence-electron chi connectivity index (χ4n) is 4.87. The molecule has 1 fully saturated rings. The van der Waals surface area contributed by atoms with Crippen molar-refractivity contribution in [1.82, 2.24) is 14.5 Å². The Hall–Kier alpha value is -2.99. The molecule has 32 heavy (non-hydrogen) atoms. The highest BCUT2D eigenvalue weighted by molar-refractivity contribution is 5.96. The van der Waals surface area contributed by atoms with Gasteiger partial charge in [-0.15, -0.1) is 0 Å². The summed E-state index contributed by atoms with van der Waals surface area (Å²) in [4.78, 5) is 20.7. The van der Waals surface area contributed by atoms with Crippen LogP contribution in [-0.2, 0) is 6.54 Å². The molecule has 4 rings (SSSR count). The molecular weight excluding hydrogens is 398 g/mol. The molecule has 3 aromatic rings. The summed E-state index contributed by atoms with van der Waals surface area (Å²) in [6.45, 7) is 6.47. The molecule has 0 spiro atoms. The van der Waals surface area contributed by atoms with Crippen molar-refractivity contribution in [3.63, 3.8) is 0 Å². The second-order valence-corrected chi connectivity index (χ2v) is 8.97. The number of fused-ring (bicyclic) bond motifs is 1. The highest BCUT2D eigenvalue weighted by Crippen LogP contribution is 2.24. The van der Waals surface area contributed by atoms with Crippen LogP contribution in [0.4, 0.5) is 0 Å². The Morgan fingerprint density at radius 3 is 2.50 bits per heavy atom. The molecule has 6 nitrogen and oxygen atoms in total. The van der Waals surface area contributed by atoms with Crippen LogP contribution >= 0.6 is 0 Å². The van der Waals surface area contributed by atoms with Gasteiger partial charge in [0.25, 0.3) is 5.56 Å². The summed E-state index contributed by atoms with van der Waals surface area (Å²) in [5, 5.41) is 7.71. The number of nitrogens with zero attached hydrogens (tertiary/aromatic N) is 3. The smallest absolute Gasteiger partial charge is 0.277 e. The van der Waals surface area contributed by atoms with E-state index in [1.807, 2.05) is 41.0 Å². The van der Waals surface area contributed by atoms with Crippen LogP contribution in [0.1, 0.15) is 51.5 Å². The number of hydrogen-bond acceptors (Lipinski definition) is 4. The second kappa shape index (κ2) is 9.65. The molecule has 2 heterocycles. The zero-order chi connectivity index (χ0) is 22.7. The van der Waals surface area contributed by atoms with E-state index >= 15 is 0 Å². The van der Waals surface area contributed by atoms with Crippen molar-refractivity contribution in [2.24, 2.45) is 5.73 Å². The SMILES string of the molecule is CC1CCC(C)N1CCCCCn1c(=O)c(-c2cccc(C(=N)N)c2)nc2ccccc21. The number of amidine groups is 1. The van der Waals surface area contributed by atoms with Gasteiger partial charge in [0.05, 0.1) is 11.0 Å². The average molecular weight is 432 g/mol. The van der Waals surface area contributed by atoms with Gasteiger partial charge in [0, 0.05) is 29.8 Å². The van der Waals surface area contributed by atoms with Crippen LogP contribution in [0.25, 0.3) is 22.3 Å². The molecule has 1 aliphatic rings. The van der Waals surface area contributed by atoms with Crippen LogP contribution in [0.5, 0.6) is 0 Å². The van der Waals surface area contributed by atoms with Gasteiger partial charge in [0.1, 0.15) is 11.5 Å². The maximum atomic E-state index is 13.4. The van der Waals surface area contributed by atoms with Gasteiger partial charge in [-0.2, -0.15) is 0 Å². The summed E-state index contributed by atoms with van der Waals surface area (Å²) in [5.74, 6) is -0.0189. The van der Waals surface area contributed by atoms with Crippen molar-refractivity contribution in [2.75, 3.05) is 6.54 Å². The first-order chi connectivity index (χ1) is 15.5. The molecule has 2 aromatic carbocycles. The summed E-state index contributed by atoms with van der Waals surface area (Å²) in [7, 11) is 0. The minimum atomic E-state index is -0.0915. The lowest BCUT2D eigenvalue weighted by Gasteiger charge is -2.25. The fourth-order valence-corrected chi connectivity index (χ4v) is 4.87. The molecule has 0 bridgehead atoms. The Morgan fingerprint density at radius 2 is 1.75 bits per heavy atom. The van der Waals surface area contributed by atoms with Crippen LogP contribution in [0, 0.1) is 5.41 Å². The van der Waals surface area contributed by atoms with E-state index in [4.69, 9.17) is 11.1 Å². The van der Waals surface area contributed by atoms with E-state index in [-0.39, 0.29) is 11.4 Å². The number of nitrogen functional groups attached to an aromatic ring is 1. The molecule has 0 radical (unpaired) electrons. The maximum Gasteiger partial charge on any atom is 0.277 e. The van der Waals surface area contributed by atoms with Gasteiger partial charge in [-0.3, -0.25) is 15.1 Å². The third kappa shape index (κ3) is 4.60. The van der Waals surface area contributed by atoms with Gasteiger partial charge in [-0.05, 0) is 64.3 Å². The number of benzene rings is 2. The molecule has 6 heteroatoms. The van der Waals surface area contributed by atoms with E-state index in [0.717, 1.165) is 36.8 Å². The van der Waals surface area contributed by atoms with Gasteiger partial charge in [0.2, 0.25) is 0 Å². The van der Waals surface area contributed by atoms with Crippen molar-refractivity contribution in [3.05, 3.63) is 64.4 Å². The quantitative estimate of drug-likeness (QED) is 0.314. The number of aryl methyl sites for hydroxylation is 1. The monoisotopic (exact) mass is 431 g/mol. The van der Waals surface area contributed by atoms with Gasteiger partial charge in [0.15, 0.2) is 0 Å². The molecule has 0 aliphatic carbocycles. The lowest BCUT2D eigenvalue weighted by molar-refractivity contribution is 0.209. The summed E-state index contributed by atoms with van der Waals surface area (Å²) >= 11 is 0. The van der Waals surface area contributed by atoms with Crippen LogP contribution < -0.4 is 11.3 Å². The largest absolute Gasteiger partial charge is 0.384 e. The van der Waals surface area contributed by atoms with Crippen LogP contribution in [0.15, 0.2) is 53.3 Å². The Balaban J connectivity index is 1.54. The molecule has 0 amide bonds. The Morgan fingerprint density at radius 1 is 1.03 bits per heavy atom. The standard InChI is InChI=1S/C26H33N5O/c1-18-13-14-19(2)30(18)15-6-3-7-16-31-23-12-5-4-11-22(23)29-24(26(31)32)20-9-8-10-21(17-20)25(27)28/h4-5,8-12,17-19H,3,6-7,13-16H2,1-2H3,(H3,27,28). The molecule has 168 valence electrons. The van der Waals surface area contributed by atoms with Gasteiger partial charge >= 0.3 is 0 Å². The molecule has 2 atom stereocenters. The Labute approximate surface area is 189 Å². The summed E-state index contributed by atoms with van der Waals surface area (Å²) < 4.78 is 1.86. The van der Waals surface area contributed by atoms with E-state index in [0.29, 0.717) is 35.4 Å². The summed E-state index contributed by atoms with van der Waals surface area (Å²) in [6.07, 6.45) is 5.80. The predicted octanol–water partition coefficient (Wildman–Crippen LogP) is 4.39. The highest BCUT2D eigenvalue weighted by Gasteiger charge is 2.26. The lowest BCUT2D eigenvalue weighted by atomic mass is 10.1. The Kier molecular flexibility index (Phi) is 6.70. The number of nitrogens with one attached hydrogen (secondary N) is 1. The minimum Gasteiger partial charge on any atom is -0.384 e.